The zero-order valence-corrected chi connectivity index (χ0v) is 11.5. The summed E-state index contributed by atoms with van der Waals surface area (Å²) >= 11 is 1.31. The van der Waals surface area contributed by atoms with Gasteiger partial charge in [-0.05, 0) is 24.8 Å². The maximum absolute atomic E-state index is 11.9. The van der Waals surface area contributed by atoms with E-state index in [4.69, 9.17) is 0 Å². The smallest absolute Gasteiger partial charge is 0.329 e. The lowest BCUT2D eigenvalue weighted by Gasteiger charge is -2.26. The molecule has 0 fully saturated rings. The molecule has 0 spiro atoms. The van der Waals surface area contributed by atoms with Gasteiger partial charge in [-0.2, -0.15) is 0 Å². The zero-order chi connectivity index (χ0) is 13.6. The average molecular weight is 269 g/mol. The number of hydrogen-bond acceptors (Lipinski definition) is 3. The minimum atomic E-state index is -1.18. The lowest BCUT2D eigenvalue weighted by molar-refractivity contribution is -0.144. The second kappa shape index (κ2) is 6.54. The van der Waals surface area contributed by atoms with E-state index >= 15 is 0 Å². The van der Waals surface area contributed by atoms with Crippen LogP contribution >= 0.6 is 11.3 Å². The number of carbonyl (C=O) groups is 2. The molecule has 0 aromatic carbocycles. The fourth-order valence-electron chi connectivity index (χ4n) is 1.67. The van der Waals surface area contributed by atoms with Crippen molar-refractivity contribution in [3.63, 3.8) is 0 Å². The topological polar surface area (TPSA) is 66.4 Å². The molecule has 1 unspecified atom stereocenters. The van der Waals surface area contributed by atoms with Crippen LogP contribution in [0, 0.1) is 0 Å². The Kier molecular flexibility index (Phi) is 5.34. The van der Waals surface area contributed by atoms with Crippen molar-refractivity contribution < 1.29 is 14.7 Å². The van der Waals surface area contributed by atoms with Gasteiger partial charge in [-0.3, -0.25) is 4.79 Å². The number of amides is 1. The van der Waals surface area contributed by atoms with Crippen LogP contribution in [0.15, 0.2) is 17.5 Å². The van der Waals surface area contributed by atoms with Crippen molar-refractivity contribution in [1.82, 2.24) is 5.32 Å². The van der Waals surface area contributed by atoms with E-state index in [-0.39, 0.29) is 5.91 Å². The molecule has 1 aromatic rings. The highest BCUT2D eigenvalue weighted by Crippen LogP contribution is 2.17. The van der Waals surface area contributed by atoms with Crippen molar-refractivity contribution in [2.45, 2.75) is 45.1 Å². The van der Waals surface area contributed by atoms with E-state index < -0.39 is 11.5 Å². The van der Waals surface area contributed by atoms with Gasteiger partial charge in [-0.25, -0.2) is 4.79 Å². The van der Waals surface area contributed by atoms with Crippen LogP contribution in [-0.2, 0) is 4.79 Å². The number of rotatable bonds is 7. The van der Waals surface area contributed by atoms with Crippen LogP contribution in [-0.4, -0.2) is 22.5 Å². The summed E-state index contributed by atoms with van der Waals surface area (Å²) in [5.74, 6) is -1.30. The molecule has 0 aliphatic heterocycles. The number of carboxylic acids is 1. The Balaban J connectivity index is 2.67. The Bertz CT molecular complexity index is 402. The molecule has 5 heteroatoms. The Hall–Kier alpha value is -1.36. The first-order valence-electron chi connectivity index (χ1n) is 6.09. The van der Waals surface area contributed by atoms with Gasteiger partial charge in [0.15, 0.2) is 0 Å². The van der Waals surface area contributed by atoms with Crippen molar-refractivity contribution in [3.05, 3.63) is 22.4 Å². The summed E-state index contributed by atoms with van der Waals surface area (Å²) in [5.41, 5.74) is -1.18. The normalized spacial score (nSPS) is 13.9. The third-order valence-electron chi connectivity index (χ3n) is 2.89. The molecule has 0 radical (unpaired) electrons. The molecule has 4 nitrogen and oxygen atoms in total. The average Bonchev–Trinajstić information content (AvgIpc) is 2.82. The van der Waals surface area contributed by atoms with Crippen molar-refractivity contribution in [3.8, 4) is 0 Å². The van der Waals surface area contributed by atoms with Crippen molar-refractivity contribution >= 4 is 23.2 Å². The van der Waals surface area contributed by atoms with Gasteiger partial charge < -0.3 is 10.4 Å². The van der Waals surface area contributed by atoms with Gasteiger partial charge >= 0.3 is 5.97 Å². The van der Waals surface area contributed by atoms with Crippen LogP contribution in [0.2, 0.25) is 0 Å². The maximum Gasteiger partial charge on any atom is 0.329 e. The Morgan fingerprint density at radius 1 is 1.44 bits per heavy atom. The van der Waals surface area contributed by atoms with Crippen molar-refractivity contribution in [1.29, 1.82) is 0 Å². The number of carbonyl (C=O) groups excluding carboxylic acids is 1. The molecular formula is C13H19NO3S. The fraction of sp³-hybridized carbons (Fsp3) is 0.538. The van der Waals surface area contributed by atoms with Gasteiger partial charge in [-0.15, -0.1) is 11.3 Å². The largest absolute Gasteiger partial charge is 0.480 e. The van der Waals surface area contributed by atoms with Crippen LogP contribution in [0.25, 0.3) is 0 Å². The second-order valence-electron chi connectivity index (χ2n) is 4.53. The van der Waals surface area contributed by atoms with Crippen LogP contribution in [0.5, 0.6) is 0 Å². The minimum Gasteiger partial charge on any atom is -0.480 e. The second-order valence-corrected chi connectivity index (χ2v) is 5.47. The van der Waals surface area contributed by atoms with E-state index in [1.807, 2.05) is 0 Å². The molecule has 1 aromatic heterocycles. The number of hydrogen-bond donors (Lipinski definition) is 2. The highest BCUT2D eigenvalue weighted by Gasteiger charge is 2.34. The quantitative estimate of drug-likeness (QED) is 0.748. The highest BCUT2D eigenvalue weighted by atomic mass is 32.1. The molecule has 1 atom stereocenters. The van der Waals surface area contributed by atoms with Crippen molar-refractivity contribution in [2.24, 2.45) is 0 Å². The summed E-state index contributed by atoms with van der Waals surface area (Å²) in [7, 11) is 0. The van der Waals surface area contributed by atoms with Gasteiger partial charge in [0.25, 0.3) is 5.91 Å². The molecule has 0 bridgehead atoms. The predicted molar refractivity (Wildman–Crippen MR) is 72.0 cm³/mol. The van der Waals surface area contributed by atoms with E-state index in [2.05, 4.69) is 12.2 Å². The molecule has 1 heterocycles. The third kappa shape index (κ3) is 3.84. The summed E-state index contributed by atoms with van der Waals surface area (Å²) in [5, 5.41) is 13.7. The summed E-state index contributed by atoms with van der Waals surface area (Å²) < 4.78 is 0. The summed E-state index contributed by atoms with van der Waals surface area (Å²) in [6, 6.07) is 3.46. The zero-order valence-electron chi connectivity index (χ0n) is 10.7. The monoisotopic (exact) mass is 269 g/mol. The van der Waals surface area contributed by atoms with Gasteiger partial charge in [0.2, 0.25) is 0 Å². The Morgan fingerprint density at radius 2 is 2.17 bits per heavy atom. The first kappa shape index (κ1) is 14.7. The van der Waals surface area contributed by atoms with Gasteiger partial charge in [0.05, 0.1) is 4.88 Å². The van der Waals surface area contributed by atoms with Gasteiger partial charge in [0, 0.05) is 0 Å². The first-order valence-corrected chi connectivity index (χ1v) is 6.97. The Morgan fingerprint density at radius 3 is 2.67 bits per heavy atom. The molecule has 1 rings (SSSR count). The molecule has 100 valence electrons. The first-order chi connectivity index (χ1) is 8.49. The van der Waals surface area contributed by atoms with Gasteiger partial charge in [0.1, 0.15) is 5.54 Å². The number of carboxylic acid groups (broad SMARTS) is 1. The summed E-state index contributed by atoms with van der Waals surface area (Å²) in [4.78, 5) is 23.7. The summed E-state index contributed by atoms with van der Waals surface area (Å²) in [6.45, 7) is 3.62. The number of thiophene rings is 1. The van der Waals surface area contributed by atoms with Crippen LogP contribution in [0.3, 0.4) is 0 Å². The van der Waals surface area contributed by atoms with E-state index in [0.29, 0.717) is 11.3 Å². The maximum atomic E-state index is 11.9. The lowest BCUT2D eigenvalue weighted by atomic mass is 9.94. The van der Waals surface area contributed by atoms with E-state index in [0.717, 1.165) is 19.3 Å². The predicted octanol–water partition coefficient (Wildman–Crippen LogP) is 2.90. The SMILES string of the molecule is CCCCCC(C)(NC(=O)c1cccs1)C(=O)O. The van der Waals surface area contributed by atoms with Gasteiger partial charge in [-0.1, -0.05) is 32.3 Å². The van der Waals surface area contributed by atoms with E-state index in [1.165, 1.54) is 11.3 Å². The lowest BCUT2D eigenvalue weighted by Crippen LogP contribution is -2.52. The molecule has 18 heavy (non-hydrogen) atoms. The number of aliphatic carboxylic acids is 1. The number of nitrogens with one attached hydrogen (secondary N) is 1. The minimum absolute atomic E-state index is 0.314. The fourth-order valence-corrected chi connectivity index (χ4v) is 2.29. The Labute approximate surface area is 111 Å². The molecule has 0 saturated heterocycles. The highest BCUT2D eigenvalue weighted by molar-refractivity contribution is 7.12. The van der Waals surface area contributed by atoms with Crippen molar-refractivity contribution in [2.75, 3.05) is 0 Å². The van der Waals surface area contributed by atoms with Crippen LogP contribution < -0.4 is 5.32 Å². The molecule has 0 saturated carbocycles. The molecule has 1 amide bonds. The molecular weight excluding hydrogens is 250 g/mol. The molecule has 2 N–H and O–H groups in total. The molecule has 0 aliphatic rings. The molecule has 0 aliphatic carbocycles. The van der Waals surface area contributed by atoms with Crippen LogP contribution in [0.4, 0.5) is 0 Å². The van der Waals surface area contributed by atoms with Crippen LogP contribution in [0.1, 0.15) is 49.2 Å². The van der Waals surface area contributed by atoms with E-state index in [1.54, 1.807) is 24.4 Å². The standard InChI is InChI=1S/C13H19NO3S/c1-3-4-5-8-13(2,12(16)17)14-11(15)10-7-6-9-18-10/h6-7,9H,3-5,8H2,1-2H3,(H,14,15)(H,16,17). The van der Waals surface area contributed by atoms with E-state index in [9.17, 15) is 14.7 Å². The third-order valence-corrected chi connectivity index (χ3v) is 3.76. The number of unbranched alkanes of at least 4 members (excludes halogenated alkanes) is 2. The summed E-state index contributed by atoms with van der Waals surface area (Å²) in [6.07, 6.45) is 3.24.